The van der Waals surface area contributed by atoms with Gasteiger partial charge in [0, 0.05) is 51.4 Å². The Morgan fingerprint density at radius 2 is 1.86 bits per heavy atom. The molecule has 1 aromatic heterocycles. The van der Waals surface area contributed by atoms with Gasteiger partial charge < -0.3 is 20.7 Å². The maximum Gasteiger partial charge on any atom is 0.310 e. The van der Waals surface area contributed by atoms with E-state index in [0.717, 1.165) is 0 Å². The first kappa shape index (κ1) is 23.2. The van der Waals surface area contributed by atoms with Crippen LogP contribution in [-0.2, 0) is 16.0 Å². The van der Waals surface area contributed by atoms with Gasteiger partial charge in [-0.05, 0) is 68.3 Å². The van der Waals surface area contributed by atoms with Crippen molar-refractivity contribution in [2.45, 2.75) is 32.1 Å². The lowest BCUT2D eigenvalue weighted by atomic mass is 9.87. The molecule has 2 heterocycles. The molecule has 0 bridgehead atoms. The fraction of sp³-hybridized carbons (Fsp3) is 0.185. The number of aryl methyl sites for hydroxylation is 1. The summed E-state index contributed by atoms with van der Waals surface area (Å²) in [4.78, 5) is 53.1. The van der Waals surface area contributed by atoms with Gasteiger partial charge in [-0.3, -0.25) is 19.2 Å². The molecule has 0 radical (unpaired) electrons. The van der Waals surface area contributed by atoms with E-state index in [4.69, 9.17) is 0 Å². The normalized spacial score (nSPS) is 16.3. The molecule has 36 heavy (non-hydrogen) atoms. The van der Waals surface area contributed by atoms with Crippen LogP contribution in [0.25, 0.3) is 11.6 Å². The van der Waals surface area contributed by atoms with Crippen molar-refractivity contribution >= 4 is 46.6 Å². The van der Waals surface area contributed by atoms with E-state index in [2.05, 4.69) is 15.6 Å². The molecule has 0 saturated heterocycles. The number of carboxylic acids is 1. The number of rotatable bonds is 5. The number of hydrogen-bond donors (Lipinski definition) is 4. The van der Waals surface area contributed by atoms with Crippen LogP contribution in [-0.4, -0.2) is 33.7 Å². The molecular formula is C27H22FN3O5. The van der Waals surface area contributed by atoms with E-state index < -0.39 is 23.6 Å². The van der Waals surface area contributed by atoms with Gasteiger partial charge in [-0.1, -0.05) is 0 Å². The molecule has 2 aliphatic rings. The molecule has 9 heteroatoms. The summed E-state index contributed by atoms with van der Waals surface area (Å²) in [6.45, 7) is 1.52. The lowest BCUT2D eigenvalue weighted by Gasteiger charge is -2.14. The van der Waals surface area contributed by atoms with E-state index in [0.29, 0.717) is 58.7 Å². The number of hydrogen-bond acceptors (Lipinski definition) is 4. The van der Waals surface area contributed by atoms with E-state index in [-0.39, 0.29) is 22.8 Å². The molecule has 0 fully saturated rings. The van der Waals surface area contributed by atoms with Crippen molar-refractivity contribution in [2.75, 3.05) is 10.6 Å². The number of aliphatic carboxylic acids is 1. The highest BCUT2D eigenvalue weighted by molar-refractivity contribution is 6.35. The molecule has 1 unspecified atom stereocenters. The van der Waals surface area contributed by atoms with Crippen LogP contribution < -0.4 is 10.6 Å². The molecule has 2 aromatic carbocycles. The van der Waals surface area contributed by atoms with Crippen molar-refractivity contribution in [3.63, 3.8) is 0 Å². The Kier molecular flexibility index (Phi) is 5.75. The second kappa shape index (κ2) is 8.92. The minimum atomic E-state index is -1.07. The van der Waals surface area contributed by atoms with Crippen molar-refractivity contribution < 1.29 is 28.7 Å². The monoisotopic (exact) mass is 487 g/mol. The second-order valence-electron chi connectivity index (χ2n) is 8.88. The third-order valence-corrected chi connectivity index (χ3v) is 6.52. The van der Waals surface area contributed by atoms with E-state index in [9.17, 15) is 28.7 Å². The summed E-state index contributed by atoms with van der Waals surface area (Å²) in [6.07, 6.45) is 3.20. The molecule has 4 N–H and O–H groups in total. The number of H-pyrrole nitrogens is 1. The SMILES string of the molecule is CC(C(=O)O)c1c(/C=C2\C(=O)Nc3ccc(NC(=O)c4ccc(F)cc4)cc32)[nH]c2c1C(=O)CCC2. The zero-order valence-corrected chi connectivity index (χ0v) is 19.3. The van der Waals surface area contributed by atoms with Gasteiger partial charge in [-0.2, -0.15) is 0 Å². The molecule has 3 aromatic rings. The summed E-state index contributed by atoms with van der Waals surface area (Å²) in [6, 6.07) is 10.0. The lowest BCUT2D eigenvalue weighted by molar-refractivity contribution is -0.138. The quantitative estimate of drug-likeness (QED) is 0.391. The van der Waals surface area contributed by atoms with Gasteiger partial charge in [0.15, 0.2) is 5.78 Å². The molecular weight excluding hydrogens is 465 g/mol. The Morgan fingerprint density at radius 1 is 1.11 bits per heavy atom. The number of carbonyl (C=O) groups excluding carboxylic acids is 3. The second-order valence-corrected chi connectivity index (χ2v) is 8.88. The molecule has 8 nitrogen and oxygen atoms in total. The minimum absolute atomic E-state index is 0.109. The summed E-state index contributed by atoms with van der Waals surface area (Å²) in [7, 11) is 0. The van der Waals surface area contributed by atoms with Crippen LogP contribution in [0.4, 0.5) is 15.8 Å². The van der Waals surface area contributed by atoms with Crippen LogP contribution >= 0.6 is 0 Å². The van der Waals surface area contributed by atoms with Crippen LogP contribution in [0.2, 0.25) is 0 Å². The first-order chi connectivity index (χ1) is 17.2. The Hall–Kier alpha value is -4.53. The van der Waals surface area contributed by atoms with Crippen molar-refractivity contribution in [1.29, 1.82) is 0 Å². The number of aromatic nitrogens is 1. The van der Waals surface area contributed by atoms with Gasteiger partial charge in [0.25, 0.3) is 11.8 Å². The van der Waals surface area contributed by atoms with Gasteiger partial charge in [-0.25, -0.2) is 4.39 Å². The zero-order chi connectivity index (χ0) is 25.6. The number of halogens is 1. The van der Waals surface area contributed by atoms with Crippen LogP contribution in [0.3, 0.4) is 0 Å². The van der Waals surface area contributed by atoms with Crippen molar-refractivity contribution in [3.8, 4) is 0 Å². The fourth-order valence-electron chi connectivity index (χ4n) is 4.69. The number of carbonyl (C=O) groups is 4. The Labute approximate surface area is 205 Å². The van der Waals surface area contributed by atoms with Crippen LogP contribution in [0.5, 0.6) is 0 Å². The molecule has 0 spiro atoms. The van der Waals surface area contributed by atoms with Gasteiger partial charge in [0.05, 0.1) is 11.5 Å². The number of anilines is 2. The number of nitrogens with one attached hydrogen (secondary N) is 3. The summed E-state index contributed by atoms with van der Waals surface area (Å²) in [5, 5.41) is 15.2. The number of fused-ring (bicyclic) bond motifs is 2. The van der Waals surface area contributed by atoms with Gasteiger partial charge in [0.2, 0.25) is 0 Å². The van der Waals surface area contributed by atoms with E-state index >= 15 is 0 Å². The number of benzene rings is 2. The third-order valence-electron chi connectivity index (χ3n) is 6.52. The number of aromatic amines is 1. The van der Waals surface area contributed by atoms with Crippen LogP contribution in [0.1, 0.15) is 68.9 Å². The summed E-state index contributed by atoms with van der Waals surface area (Å²) < 4.78 is 13.2. The standard InChI is InChI=1S/C27H22FN3O5/c1-13(27(35)36)23-21(30-20-3-2-4-22(32)24(20)23)12-18-17-11-16(9-10-19(17)31-26(18)34)29-25(33)14-5-7-15(28)8-6-14/h5-13,30H,2-4H2,1H3,(H,29,33)(H,31,34)(H,35,36)/b18-12-. The van der Waals surface area contributed by atoms with Crippen molar-refractivity contribution in [1.82, 2.24) is 4.98 Å². The molecule has 0 saturated carbocycles. The number of carboxylic acid groups (broad SMARTS) is 1. The molecule has 5 rings (SSSR count). The maximum absolute atomic E-state index is 13.2. The summed E-state index contributed by atoms with van der Waals surface area (Å²) >= 11 is 0. The fourth-order valence-corrected chi connectivity index (χ4v) is 4.69. The zero-order valence-electron chi connectivity index (χ0n) is 19.3. The largest absolute Gasteiger partial charge is 0.481 e. The first-order valence-corrected chi connectivity index (χ1v) is 11.5. The maximum atomic E-state index is 13.2. The number of amides is 2. The number of ketones is 1. The van der Waals surface area contributed by atoms with Gasteiger partial charge in [0.1, 0.15) is 5.82 Å². The van der Waals surface area contributed by atoms with Crippen LogP contribution in [0.15, 0.2) is 42.5 Å². The molecule has 1 atom stereocenters. The smallest absolute Gasteiger partial charge is 0.310 e. The topological polar surface area (TPSA) is 128 Å². The summed E-state index contributed by atoms with van der Waals surface area (Å²) in [5.74, 6) is -3.41. The highest BCUT2D eigenvalue weighted by atomic mass is 19.1. The average molecular weight is 487 g/mol. The highest BCUT2D eigenvalue weighted by Crippen LogP contribution is 2.38. The lowest BCUT2D eigenvalue weighted by Crippen LogP contribution is -2.15. The van der Waals surface area contributed by atoms with Gasteiger partial charge >= 0.3 is 5.97 Å². The van der Waals surface area contributed by atoms with E-state index in [1.165, 1.54) is 31.2 Å². The third kappa shape index (κ3) is 4.08. The molecule has 1 aliphatic carbocycles. The molecule has 182 valence electrons. The van der Waals surface area contributed by atoms with Crippen LogP contribution in [0, 0.1) is 5.82 Å². The van der Waals surface area contributed by atoms with Gasteiger partial charge in [-0.15, -0.1) is 0 Å². The highest BCUT2D eigenvalue weighted by Gasteiger charge is 2.32. The van der Waals surface area contributed by atoms with Crippen molar-refractivity contribution in [2.24, 2.45) is 0 Å². The Morgan fingerprint density at radius 3 is 2.58 bits per heavy atom. The Bertz CT molecular complexity index is 1470. The van der Waals surface area contributed by atoms with E-state index in [1.807, 2.05) is 0 Å². The minimum Gasteiger partial charge on any atom is -0.481 e. The first-order valence-electron chi connectivity index (χ1n) is 11.5. The molecule has 1 aliphatic heterocycles. The Balaban J connectivity index is 1.54. The average Bonchev–Trinajstić information content (AvgIpc) is 3.37. The number of Topliss-reactive ketones (excluding diaryl/α,β-unsaturated/α-hetero) is 1. The predicted octanol–water partition coefficient (Wildman–Crippen LogP) is 4.61. The summed E-state index contributed by atoms with van der Waals surface area (Å²) in [5.41, 5.74) is 3.88. The van der Waals surface area contributed by atoms with E-state index in [1.54, 1.807) is 24.3 Å². The molecule has 2 amide bonds. The van der Waals surface area contributed by atoms with Crippen molar-refractivity contribution in [3.05, 3.63) is 81.9 Å². The predicted molar refractivity (Wildman–Crippen MR) is 131 cm³/mol.